The van der Waals surface area contributed by atoms with Gasteiger partial charge in [0.25, 0.3) is 5.91 Å². The van der Waals surface area contributed by atoms with Crippen LogP contribution < -0.4 is 5.32 Å². The monoisotopic (exact) mass is 402 g/mol. The van der Waals surface area contributed by atoms with Crippen LogP contribution in [0, 0.1) is 13.8 Å². The van der Waals surface area contributed by atoms with Crippen molar-refractivity contribution in [1.29, 1.82) is 0 Å². The van der Waals surface area contributed by atoms with Crippen molar-refractivity contribution in [2.45, 2.75) is 33.4 Å². The molecular weight excluding hydrogens is 384 g/mol. The van der Waals surface area contributed by atoms with Gasteiger partial charge in [0.15, 0.2) is 0 Å². The SMILES string of the molecule is Cc1ccc(Cn2cnc(NC(=O)C(C)n3ncc(Br)c3C)n2)cc1. The summed E-state index contributed by atoms with van der Waals surface area (Å²) < 4.78 is 4.22. The number of amides is 1. The fourth-order valence-electron chi connectivity index (χ4n) is 2.43. The Morgan fingerprint density at radius 2 is 2.00 bits per heavy atom. The summed E-state index contributed by atoms with van der Waals surface area (Å²) in [4.78, 5) is 16.6. The van der Waals surface area contributed by atoms with Gasteiger partial charge in [-0.2, -0.15) is 5.10 Å². The summed E-state index contributed by atoms with van der Waals surface area (Å²) >= 11 is 3.40. The number of anilines is 1. The second-order valence-corrected chi connectivity index (χ2v) is 6.79. The Bertz CT molecular complexity index is 883. The van der Waals surface area contributed by atoms with Gasteiger partial charge in [-0.05, 0) is 42.3 Å². The molecule has 8 heteroatoms. The van der Waals surface area contributed by atoms with E-state index in [0.29, 0.717) is 6.54 Å². The first kappa shape index (κ1) is 17.3. The molecule has 2 heterocycles. The van der Waals surface area contributed by atoms with Crippen LogP contribution in [-0.4, -0.2) is 30.5 Å². The molecule has 0 spiro atoms. The Morgan fingerprint density at radius 3 is 2.64 bits per heavy atom. The minimum absolute atomic E-state index is 0.216. The number of aromatic nitrogens is 5. The number of carbonyl (C=O) groups is 1. The summed E-state index contributed by atoms with van der Waals surface area (Å²) in [6.45, 7) is 6.33. The lowest BCUT2D eigenvalue weighted by atomic mass is 10.1. The first-order chi connectivity index (χ1) is 11.9. The summed E-state index contributed by atoms with van der Waals surface area (Å²) in [5.74, 6) is 0.0691. The fraction of sp³-hybridized carbons (Fsp3) is 0.294. The van der Waals surface area contributed by atoms with Crippen LogP contribution in [0.5, 0.6) is 0 Å². The molecule has 0 bridgehead atoms. The third kappa shape index (κ3) is 3.96. The van der Waals surface area contributed by atoms with Crippen LogP contribution in [0.4, 0.5) is 5.95 Å². The zero-order chi connectivity index (χ0) is 18.0. The lowest BCUT2D eigenvalue weighted by Gasteiger charge is -2.13. The van der Waals surface area contributed by atoms with Crippen LogP contribution in [0.1, 0.15) is 29.8 Å². The average molecular weight is 403 g/mol. The van der Waals surface area contributed by atoms with E-state index in [9.17, 15) is 4.79 Å². The highest BCUT2D eigenvalue weighted by atomic mass is 79.9. The number of aryl methyl sites for hydroxylation is 1. The van der Waals surface area contributed by atoms with Gasteiger partial charge in [-0.15, -0.1) is 5.10 Å². The summed E-state index contributed by atoms with van der Waals surface area (Å²) in [5.41, 5.74) is 3.23. The quantitative estimate of drug-likeness (QED) is 0.710. The fourth-order valence-corrected chi connectivity index (χ4v) is 2.70. The van der Waals surface area contributed by atoms with E-state index in [1.165, 1.54) is 5.56 Å². The van der Waals surface area contributed by atoms with E-state index in [-0.39, 0.29) is 11.9 Å². The third-order valence-electron chi connectivity index (χ3n) is 3.97. The molecule has 0 fully saturated rings. The molecule has 0 radical (unpaired) electrons. The number of nitrogens with one attached hydrogen (secondary N) is 1. The second-order valence-electron chi connectivity index (χ2n) is 5.94. The van der Waals surface area contributed by atoms with Crippen LogP contribution in [0.3, 0.4) is 0 Å². The van der Waals surface area contributed by atoms with Gasteiger partial charge in [-0.1, -0.05) is 29.8 Å². The molecule has 1 N–H and O–H groups in total. The van der Waals surface area contributed by atoms with Crippen LogP contribution in [0.2, 0.25) is 0 Å². The van der Waals surface area contributed by atoms with Gasteiger partial charge >= 0.3 is 0 Å². The minimum Gasteiger partial charge on any atom is -0.291 e. The number of carbonyl (C=O) groups excluding carboxylic acids is 1. The molecule has 1 aromatic carbocycles. The van der Waals surface area contributed by atoms with Crippen LogP contribution in [0.25, 0.3) is 0 Å². The summed E-state index contributed by atoms with van der Waals surface area (Å²) in [7, 11) is 0. The Morgan fingerprint density at radius 1 is 1.28 bits per heavy atom. The molecule has 25 heavy (non-hydrogen) atoms. The van der Waals surface area contributed by atoms with E-state index in [4.69, 9.17) is 0 Å². The van der Waals surface area contributed by atoms with Gasteiger partial charge in [0.1, 0.15) is 12.4 Å². The van der Waals surface area contributed by atoms with Crippen LogP contribution in [-0.2, 0) is 11.3 Å². The standard InChI is InChI=1S/C17H19BrN6O/c1-11-4-6-14(7-5-11)9-23-10-19-17(22-23)21-16(25)13(3)24-12(2)15(18)8-20-24/h4-8,10,13H,9H2,1-3H3,(H,21,22,25). The maximum Gasteiger partial charge on any atom is 0.251 e. The molecule has 1 amide bonds. The van der Waals surface area contributed by atoms with Gasteiger partial charge in [0.2, 0.25) is 5.95 Å². The molecular formula is C17H19BrN6O. The Hall–Kier alpha value is -2.48. The summed E-state index contributed by atoms with van der Waals surface area (Å²) in [5, 5.41) is 11.2. The van der Waals surface area contributed by atoms with Crippen molar-refractivity contribution in [2.24, 2.45) is 0 Å². The van der Waals surface area contributed by atoms with Crippen LogP contribution in [0.15, 0.2) is 41.3 Å². The lowest BCUT2D eigenvalue weighted by molar-refractivity contribution is -0.119. The number of benzene rings is 1. The van der Waals surface area contributed by atoms with Crippen molar-refractivity contribution < 1.29 is 4.79 Å². The number of nitrogens with zero attached hydrogens (tertiary/aromatic N) is 5. The van der Waals surface area contributed by atoms with E-state index in [2.05, 4.69) is 60.7 Å². The normalized spacial score (nSPS) is 12.2. The highest BCUT2D eigenvalue weighted by Gasteiger charge is 2.19. The van der Waals surface area contributed by atoms with E-state index < -0.39 is 6.04 Å². The van der Waals surface area contributed by atoms with E-state index in [0.717, 1.165) is 15.7 Å². The maximum absolute atomic E-state index is 12.4. The van der Waals surface area contributed by atoms with Gasteiger partial charge in [0, 0.05) is 0 Å². The van der Waals surface area contributed by atoms with Gasteiger partial charge in [0.05, 0.1) is 22.9 Å². The molecule has 130 valence electrons. The minimum atomic E-state index is -0.463. The van der Waals surface area contributed by atoms with Crippen molar-refractivity contribution >= 4 is 27.8 Å². The lowest BCUT2D eigenvalue weighted by Crippen LogP contribution is -2.25. The molecule has 1 atom stereocenters. The van der Waals surface area contributed by atoms with E-state index in [1.807, 2.05) is 13.8 Å². The highest BCUT2D eigenvalue weighted by Crippen LogP contribution is 2.19. The Balaban J connectivity index is 1.65. The number of hydrogen-bond acceptors (Lipinski definition) is 4. The first-order valence-corrected chi connectivity index (χ1v) is 8.69. The molecule has 0 aliphatic rings. The van der Waals surface area contributed by atoms with Crippen molar-refractivity contribution in [3.63, 3.8) is 0 Å². The molecule has 3 aromatic rings. The van der Waals surface area contributed by atoms with Gasteiger partial charge in [-0.3, -0.25) is 14.8 Å². The molecule has 7 nitrogen and oxygen atoms in total. The van der Waals surface area contributed by atoms with Gasteiger partial charge in [-0.25, -0.2) is 9.67 Å². The van der Waals surface area contributed by atoms with Crippen molar-refractivity contribution in [1.82, 2.24) is 24.5 Å². The number of hydrogen-bond donors (Lipinski definition) is 1. The second kappa shape index (κ2) is 7.18. The number of rotatable bonds is 5. The summed E-state index contributed by atoms with van der Waals surface area (Å²) in [6, 6.07) is 7.75. The third-order valence-corrected chi connectivity index (χ3v) is 4.75. The Labute approximate surface area is 154 Å². The molecule has 3 rings (SSSR count). The smallest absolute Gasteiger partial charge is 0.251 e. The molecule has 1 unspecified atom stereocenters. The van der Waals surface area contributed by atoms with E-state index in [1.54, 1.807) is 28.8 Å². The maximum atomic E-state index is 12.4. The summed E-state index contributed by atoms with van der Waals surface area (Å²) in [6.07, 6.45) is 3.28. The first-order valence-electron chi connectivity index (χ1n) is 7.89. The largest absolute Gasteiger partial charge is 0.291 e. The topological polar surface area (TPSA) is 77.6 Å². The predicted molar refractivity (Wildman–Crippen MR) is 98.3 cm³/mol. The molecule has 0 saturated carbocycles. The molecule has 2 aromatic heterocycles. The predicted octanol–water partition coefficient (Wildman–Crippen LogP) is 3.10. The van der Waals surface area contributed by atoms with Crippen LogP contribution >= 0.6 is 15.9 Å². The van der Waals surface area contributed by atoms with Crippen molar-refractivity contribution in [3.8, 4) is 0 Å². The van der Waals surface area contributed by atoms with Crippen molar-refractivity contribution in [2.75, 3.05) is 5.32 Å². The highest BCUT2D eigenvalue weighted by molar-refractivity contribution is 9.10. The molecule has 0 aliphatic carbocycles. The van der Waals surface area contributed by atoms with Crippen molar-refractivity contribution in [3.05, 3.63) is 58.1 Å². The van der Waals surface area contributed by atoms with Gasteiger partial charge < -0.3 is 0 Å². The zero-order valence-electron chi connectivity index (χ0n) is 14.3. The van der Waals surface area contributed by atoms with E-state index >= 15 is 0 Å². The zero-order valence-corrected chi connectivity index (χ0v) is 15.9. The average Bonchev–Trinajstić information content (AvgIpc) is 3.16. The molecule has 0 aliphatic heterocycles. The number of halogens is 1. The Kier molecular flexibility index (Phi) is 4.98. The molecule has 0 saturated heterocycles.